The van der Waals surface area contributed by atoms with Gasteiger partial charge < -0.3 is 10.3 Å². The van der Waals surface area contributed by atoms with Gasteiger partial charge in [-0.3, -0.25) is 15.0 Å². The topological polar surface area (TPSA) is 106 Å². The third-order valence-corrected chi connectivity index (χ3v) is 5.22. The lowest BCUT2D eigenvalue weighted by atomic mass is 10.2. The molecule has 0 saturated heterocycles. The second kappa shape index (κ2) is 9.52. The van der Waals surface area contributed by atoms with Crippen LogP contribution in [-0.2, 0) is 11.3 Å². The fourth-order valence-electron chi connectivity index (χ4n) is 2.76. The van der Waals surface area contributed by atoms with E-state index in [1.54, 1.807) is 6.92 Å². The Bertz CT molecular complexity index is 777. The highest BCUT2D eigenvalue weighted by Crippen LogP contribution is 2.28. The molecule has 3 amide bonds. The van der Waals surface area contributed by atoms with Crippen LogP contribution in [0.2, 0.25) is 0 Å². The number of imide groups is 1. The van der Waals surface area contributed by atoms with Crippen LogP contribution in [0.1, 0.15) is 37.7 Å². The minimum atomic E-state index is -0.863. The van der Waals surface area contributed by atoms with E-state index in [1.807, 2.05) is 49.0 Å². The standard InChI is InChI=1S/C18H26N6O2S/c1-5-14(23(3)4)15-21-22-18(27-12(2)16(25)20-17(19)26)24(15)11-13-9-7-6-8-10-13/h6-10,12,14H,5,11H2,1-4H3,(H3,19,20,25,26)/t12-,14-/m0/s1. The first kappa shape index (κ1) is 20.9. The lowest BCUT2D eigenvalue weighted by molar-refractivity contribution is -0.119. The van der Waals surface area contributed by atoms with E-state index in [-0.39, 0.29) is 6.04 Å². The van der Waals surface area contributed by atoms with Crippen molar-refractivity contribution in [2.24, 2.45) is 5.73 Å². The first-order chi connectivity index (χ1) is 12.8. The Morgan fingerprint density at radius 3 is 2.48 bits per heavy atom. The predicted octanol–water partition coefficient (Wildman–Crippen LogP) is 2.01. The number of urea groups is 1. The van der Waals surface area contributed by atoms with Crippen molar-refractivity contribution < 1.29 is 9.59 Å². The van der Waals surface area contributed by atoms with Gasteiger partial charge in [0.25, 0.3) is 0 Å². The molecule has 2 aromatic rings. The third kappa shape index (κ3) is 5.54. The highest BCUT2D eigenvalue weighted by Gasteiger charge is 2.25. The first-order valence-corrected chi connectivity index (χ1v) is 9.61. The van der Waals surface area contributed by atoms with Crippen molar-refractivity contribution in [2.75, 3.05) is 14.1 Å². The smallest absolute Gasteiger partial charge is 0.318 e. The Kier molecular flexibility index (Phi) is 7.37. The Labute approximate surface area is 163 Å². The van der Waals surface area contributed by atoms with Crippen LogP contribution in [0.3, 0.4) is 0 Å². The molecule has 1 aromatic heterocycles. The van der Waals surface area contributed by atoms with Crippen molar-refractivity contribution in [2.45, 2.75) is 43.3 Å². The van der Waals surface area contributed by atoms with Gasteiger partial charge >= 0.3 is 6.03 Å². The molecular weight excluding hydrogens is 364 g/mol. The van der Waals surface area contributed by atoms with Gasteiger partial charge in [0.1, 0.15) is 0 Å². The van der Waals surface area contributed by atoms with E-state index in [9.17, 15) is 9.59 Å². The SMILES string of the molecule is CC[C@@H](c1nnc(S[C@@H](C)C(=O)NC(N)=O)n1Cc1ccccc1)N(C)C. The van der Waals surface area contributed by atoms with Crippen LogP contribution in [0.4, 0.5) is 4.79 Å². The van der Waals surface area contributed by atoms with Crippen LogP contribution in [0.15, 0.2) is 35.5 Å². The molecule has 8 nitrogen and oxygen atoms in total. The van der Waals surface area contributed by atoms with Gasteiger partial charge in [-0.2, -0.15) is 0 Å². The van der Waals surface area contributed by atoms with Gasteiger partial charge in [0, 0.05) is 0 Å². The van der Waals surface area contributed by atoms with E-state index in [0.717, 1.165) is 17.8 Å². The monoisotopic (exact) mass is 390 g/mol. The summed E-state index contributed by atoms with van der Waals surface area (Å²) in [5.74, 6) is 0.388. The number of nitrogens with two attached hydrogens (primary N) is 1. The average molecular weight is 391 g/mol. The predicted molar refractivity (Wildman–Crippen MR) is 105 cm³/mol. The molecule has 0 spiro atoms. The van der Waals surface area contributed by atoms with Crippen LogP contribution < -0.4 is 11.1 Å². The number of benzene rings is 1. The second-order valence-corrected chi connectivity index (χ2v) is 7.72. The summed E-state index contributed by atoms with van der Waals surface area (Å²) in [5.41, 5.74) is 6.15. The summed E-state index contributed by atoms with van der Waals surface area (Å²) < 4.78 is 2.03. The molecule has 0 aliphatic rings. The number of amides is 3. The first-order valence-electron chi connectivity index (χ1n) is 8.73. The maximum Gasteiger partial charge on any atom is 0.318 e. The summed E-state index contributed by atoms with van der Waals surface area (Å²) in [6.07, 6.45) is 0.877. The molecule has 1 aromatic carbocycles. The minimum Gasteiger partial charge on any atom is -0.351 e. The molecule has 0 bridgehead atoms. The number of thioether (sulfide) groups is 1. The molecule has 27 heavy (non-hydrogen) atoms. The lowest BCUT2D eigenvalue weighted by Crippen LogP contribution is -2.39. The zero-order valence-electron chi connectivity index (χ0n) is 16.0. The third-order valence-electron chi connectivity index (χ3n) is 4.13. The number of nitrogens with zero attached hydrogens (tertiary/aromatic N) is 4. The largest absolute Gasteiger partial charge is 0.351 e. The molecule has 2 atom stereocenters. The average Bonchev–Trinajstić information content (AvgIpc) is 2.98. The quantitative estimate of drug-likeness (QED) is 0.668. The maximum atomic E-state index is 12.0. The summed E-state index contributed by atoms with van der Waals surface area (Å²) in [6, 6.07) is 9.26. The van der Waals surface area contributed by atoms with Crippen LogP contribution >= 0.6 is 11.8 Å². The highest BCUT2D eigenvalue weighted by atomic mass is 32.2. The number of hydrogen-bond donors (Lipinski definition) is 2. The summed E-state index contributed by atoms with van der Waals surface area (Å²) in [6.45, 7) is 4.40. The van der Waals surface area contributed by atoms with Crippen molar-refractivity contribution in [3.8, 4) is 0 Å². The van der Waals surface area contributed by atoms with Crippen molar-refractivity contribution in [1.82, 2.24) is 25.0 Å². The van der Waals surface area contributed by atoms with Crippen molar-refractivity contribution >= 4 is 23.7 Å². The van der Waals surface area contributed by atoms with E-state index in [0.29, 0.717) is 11.7 Å². The molecule has 3 N–H and O–H groups in total. The van der Waals surface area contributed by atoms with E-state index in [2.05, 4.69) is 27.3 Å². The van der Waals surface area contributed by atoms with E-state index < -0.39 is 17.2 Å². The summed E-state index contributed by atoms with van der Waals surface area (Å²) in [7, 11) is 4.01. The van der Waals surface area contributed by atoms with Gasteiger partial charge in [-0.1, -0.05) is 49.0 Å². The zero-order chi connectivity index (χ0) is 20.0. The van der Waals surface area contributed by atoms with Crippen LogP contribution in [-0.4, -0.2) is 50.9 Å². The van der Waals surface area contributed by atoms with Crippen LogP contribution in [0.25, 0.3) is 0 Å². The van der Waals surface area contributed by atoms with Gasteiger partial charge in [-0.15, -0.1) is 10.2 Å². The van der Waals surface area contributed by atoms with E-state index >= 15 is 0 Å². The highest BCUT2D eigenvalue weighted by molar-refractivity contribution is 8.00. The van der Waals surface area contributed by atoms with E-state index in [1.165, 1.54) is 11.8 Å². The van der Waals surface area contributed by atoms with Crippen LogP contribution in [0.5, 0.6) is 0 Å². The van der Waals surface area contributed by atoms with Gasteiger partial charge in [0.05, 0.1) is 17.8 Å². The Morgan fingerprint density at radius 1 is 1.26 bits per heavy atom. The van der Waals surface area contributed by atoms with Gasteiger partial charge in [0.15, 0.2) is 11.0 Å². The molecule has 0 fully saturated rings. The summed E-state index contributed by atoms with van der Waals surface area (Å²) >= 11 is 1.25. The Morgan fingerprint density at radius 2 is 1.93 bits per heavy atom. The van der Waals surface area contributed by atoms with Crippen molar-refractivity contribution in [3.63, 3.8) is 0 Å². The fourth-order valence-corrected chi connectivity index (χ4v) is 3.62. The number of primary amides is 1. The molecular formula is C18H26N6O2S. The zero-order valence-corrected chi connectivity index (χ0v) is 16.9. The van der Waals surface area contributed by atoms with Gasteiger partial charge in [0.2, 0.25) is 5.91 Å². The molecule has 0 radical (unpaired) electrons. The minimum absolute atomic E-state index is 0.102. The molecule has 146 valence electrons. The molecule has 0 aliphatic heterocycles. The maximum absolute atomic E-state index is 12.0. The van der Waals surface area contributed by atoms with Gasteiger partial charge in [-0.25, -0.2) is 4.79 Å². The lowest BCUT2D eigenvalue weighted by Gasteiger charge is -2.23. The summed E-state index contributed by atoms with van der Waals surface area (Å²) in [4.78, 5) is 25.1. The molecule has 9 heteroatoms. The molecule has 0 aliphatic carbocycles. The van der Waals surface area contributed by atoms with Gasteiger partial charge in [-0.05, 0) is 33.0 Å². The number of nitrogens with one attached hydrogen (secondary N) is 1. The number of carbonyl (C=O) groups excluding carboxylic acids is 2. The van der Waals surface area contributed by atoms with Crippen molar-refractivity contribution in [3.05, 3.63) is 41.7 Å². The van der Waals surface area contributed by atoms with E-state index in [4.69, 9.17) is 5.73 Å². The Hall–Kier alpha value is -2.39. The molecule has 0 unspecified atom stereocenters. The number of rotatable bonds is 8. The van der Waals surface area contributed by atoms with Crippen molar-refractivity contribution in [1.29, 1.82) is 0 Å². The fraction of sp³-hybridized carbons (Fsp3) is 0.444. The molecule has 1 heterocycles. The second-order valence-electron chi connectivity index (χ2n) is 6.41. The number of hydrogen-bond acceptors (Lipinski definition) is 6. The summed E-state index contributed by atoms with van der Waals surface area (Å²) in [5, 5.41) is 10.9. The van der Waals surface area contributed by atoms with Crippen LogP contribution in [0, 0.1) is 0 Å². The molecule has 0 saturated carbocycles. The number of carbonyl (C=O) groups is 2. The normalized spacial score (nSPS) is 13.4. The Balaban J connectivity index is 2.34. The molecule has 2 rings (SSSR count). The number of aromatic nitrogens is 3.